The first-order valence-electron chi connectivity index (χ1n) is 10.00. The zero-order valence-electron chi connectivity index (χ0n) is 18.4. The van der Waals surface area contributed by atoms with E-state index in [0.29, 0.717) is 5.56 Å². The third-order valence-corrected chi connectivity index (χ3v) is 5.12. The van der Waals surface area contributed by atoms with E-state index >= 15 is 0 Å². The van der Waals surface area contributed by atoms with Crippen LogP contribution in [0.25, 0.3) is 16.3 Å². The van der Waals surface area contributed by atoms with E-state index < -0.39 is 11.9 Å². The maximum absolute atomic E-state index is 12.7. The van der Waals surface area contributed by atoms with Crippen LogP contribution in [0.2, 0.25) is 0 Å². The highest BCUT2D eigenvalue weighted by Gasteiger charge is 2.18. The lowest BCUT2D eigenvalue weighted by Crippen LogP contribution is -2.36. The van der Waals surface area contributed by atoms with Gasteiger partial charge in [0, 0.05) is 25.7 Å². The van der Waals surface area contributed by atoms with Gasteiger partial charge in [-0.2, -0.15) is 0 Å². The lowest BCUT2D eigenvalue weighted by molar-refractivity contribution is -0.111. The number of hydrogen-bond donors (Lipinski definition) is 2. The van der Waals surface area contributed by atoms with Crippen LogP contribution < -0.4 is 10.7 Å². The molecule has 0 atom stereocenters. The molecule has 3 aromatic carbocycles. The summed E-state index contributed by atoms with van der Waals surface area (Å²) in [7, 11) is 4.44. The average molecular weight is 431 g/mol. The number of fused-ring (bicyclic) bond motifs is 1. The molecule has 3 aromatic rings. The van der Waals surface area contributed by atoms with Crippen molar-refractivity contribution in [3.63, 3.8) is 0 Å². The van der Waals surface area contributed by atoms with Crippen molar-refractivity contribution in [1.82, 2.24) is 10.4 Å². The van der Waals surface area contributed by atoms with Crippen LogP contribution in [-0.4, -0.2) is 44.0 Å². The molecule has 0 aromatic heterocycles. The summed E-state index contributed by atoms with van der Waals surface area (Å²) in [6.07, 6.45) is 1.46. The largest absolute Gasteiger partial charge is 0.465 e. The maximum Gasteiger partial charge on any atom is 0.339 e. The molecule has 0 heterocycles. The minimum absolute atomic E-state index is 0.154. The first-order valence-corrected chi connectivity index (χ1v) is 10.00. The lowest BCUT2D eigenvalue weighted by atomic mass is 10.0. The quantitative estimate of drug-likeness (QED) is 0.351. The van der Waals surface area contributed by atoms with E-state index in [4.69, 9.17) is 4.74 Å². The number of nitrogens with one attached hydrogen (secondary N) is 2. The Morgan fingerprint density at radius 3 is 2.31 bits per heavy atom. The first kappa shape index (κ1) is 22.7. The van der Waals surface area contributed by atoms with Gasteiger partial charge in [-0.15, -0.1) is 0 Å². The van der Waals surface area contributed by atoms with Gasteiger partial charge in [-0.05, 0) is 53.1 Å². The summed E-state index contributed by atoms with van der Waals surface area (Å²) in [5.41, 5.74) is 5.05. The Hall–Kier alpha value is -3.97. The second-order valence-electron chi connectivity index (χ2n) is 7.22. The second kappa shape index (κ2) is 9.89. The Morgan fingerprint density at radius 1 is 0.938 bits per heavy atom. The molecule has 2 amide bonds. The average Bonchev–Trinajstić information content (AvgIpc) is 2.82. The van der Waals surface area contributed by atoms with Crippen molar-refractivity contribution in [2.24, 2.45) is 0 Å². The molecule has 0 saturated carbocycles. The van der Waals surface area contributed by atoms with Crippen LogP contribution in [0.4, 0.5) is 5.69 Å². The summed E-state index contributed by atoms with van der Waals surface area (Å²) >= 11 is 0. The van der Waals surface area contributed by atoms with Gasteiger partial charge in [-0.25, -0.2) is 10.2 Å². The molecule has 7 nitrogen and oxygen atoms in total. The van der Waals surface area contributed by atoms with Gasteiger partial charge in [0.1, 0.15) is 0 Å². The van der Waals surface area contributed by atoms with Gasteiger partial charge in [0.25, 0.3) is 5.91 Å². The molecule has 0 aliphatic carbocycles. The number of allylic oxidation sites excluding steroid dienone is 1. The zero-order valence-corrected chi connectivity index (χ0v) is 18.4. The van der Waals surface area contributed by atoms with E-state index in [0.717, 1.165) is 21.9 Å². The summed E-state index contributed by atoms with van der Waals surface area (Å²) < 4.78 is 4.81. The zero-order chi connectivity index (χ0) is 23.3. The Kier molecular flexibility index (Phi) is 7.02. The number of amides is 2. The summed E-state index contributed by atoms with van der Waals surface area (Å²) in [5.74, 6) is -1.36. The Bertz CT molecular complexity index is 1220. The molecular weight excluding hydrogens is 406 g/mol. The number of esters is 1. The van der Waals surface area contributed by atoms with Crippen LogP contribution in [0.1, 0.15) is 33.2 Å². The number of carbonyl (C=O) groups excluding carboxylic acids is 3. The predicted octanol–water partition coefficient (Wildman–Crippen LogP) is 3.87. The van der Waals surface area contributed by atoms with E-state index in [1.54, 1.807) is 14.1 Å². The van der Waals surface area contributed by atoms with Gasteiger partial charge in [-0.3, -0.25) is 14.6 Å². The molecule has 3 rings (SSSR count). The molecule has 0 saturated heterocycles. The first-order chi connectivity index (χ1) is 15.3. The Labute approximate surface area is 186 Å². The number of benzene rings is 3. The minimum Gasteiger partial charge on any atom is -0.465 e. The fraction of sp³-hybridized carbons (Fsp3) is 0.160. The summed E-state index contributed by atoms with van der Waals surface area (Å²) in [4.78, 5) is 37.4. The Morgan fingerprint density at radius 2 is 1.62 bits per heavy atom. The maximum atomic E-state index is 12.7. The number of nitrogens with zero attached hydrogens (tertiary/aromatic N) is 1. The minimum atomic E-state index is -0.614. The van der Waals surface area contributed by atoms with Gasteiger partial charge < -0.3 is 10.1 Å². The van der Waals surface area contributed by atoms with Crippen LogP contribution in [0.15, 0.2) is 66.7 Å². The van der Waals surface area contributed by atoms with Crippen molar-refractivity contribution in [2.45, 2.75) is 6.92 Å². The number of rotatable bonds is 6. The van der Waals surface area contributed by atoms with Crippen LogP contribution in [0.3, 0.4) is 0 Å². The van der Waals surface area contributed by atoms with Crippen molar-refractivity contribution < 1.29 is 19.1 Å². The van der Waals surface area contributed by atoms with E-state index in [9.17, 15) is 14.4 Å². The highest BCUT2D eigenvalue weighted by molar-refractivity contribution is 6.09. The van der Waals surface area contributed by atoms with Crippen LogP contribution >= 0.6 is 0 Å². The fourth-order valence-electron chi connectivity index (χ4n) is 3.25. The molecule has 0 radical (unpaired) electrons. The number of ether oxygens (including phenoxy) is 1. The highest BCUT2D eigenvalue weighted by atomic mass is 16.5. The number of anilines is 1. The molecule has 0 bridgehead atoms. The Balaban J connectivity index is 1.90. The van der Waals surface area contributed by atoms with E-state index in [2.05, 4.69) is 10.7 Å². The molecule has 0 aliphatic heterocycles. The second-order valence-corrected chi connectivity index (χ2v) is 7.22. The topological polar surface area (TPSA) is 87.7 Å². The van der Waals surface area contributed by atoms with E-state index in [-0.39, 0.29) is 17.2 Å². The molecule has 32 heavy (non-hydrogen) atoms. The van der Waals surface area contributed by atoms with Crippen molar-refractivity contribution >= 4 is 39.8 Å². The molecule has 2 N–H and O–H groups in total. The van der Waals surface area contributed by atoms with Crippen molar-refractivity contribution in [3.05, 3.63) is 83.4 Å². The van der Waals surface area contributed by atoms with Crippen molar-refractivity contribution in [2.75, 3.05) is 26.5 Å². The van der Waals surface area contributed by atoms with Gasteiger partial charge in [-0.1, -0.05) is 36.4 Å². The van der Waals surface area contributed by atoms with Gasteiger partial charge in [0.05, 0.1) is 18.4 Å². The molecular formula is C25H25N3O4. The van der Waals surface area contributed by atoms with Gasteiger partial charge in [0.2, 0.25) is 5.91 Å². The molecule has 0 fully saturated rings. The number of hydrogen-bond acceptors (Lipinski definition) is 5. The molecule has 0 spiro atoms. The normalized spacial score (nSPS) is 11.2. The third-order valence-electron chi connectivity index (χ3n) is 5.12. The standard InChI is InChI=1S/C25H25N3O4/c1-16(18-10-9-17-7-5-6-8-19(17)14-18)13-23(29)27-22-15-20(24(30)28(3)26-2)11-12-21(22)25(31)32-4/h5-15,26H,1-4H3,(H,27,29)/b16-13-. The van der Waals surface area contributed by atoms with Crippen LogP contribution in [0, 0.1) is 0 Å². The summed E-state index contributed by atoms with van der Waals surface area (Å²) in [5, 5.41) is 6.19. The molecule has 0 unspecified atom stereocenters. The number of hydrazine groups is 1. The SMILES string of the molecule is CNN(C)C(=O)c1ccc(C(=O)OC)c(NC(=O)/C=C(/C)c2ccc3ccccc3c2)c1. The van der Waals surface area contributed by atoms with Gasteiger partial charge >= 0.3 is 5.97 Å². The molecule has 0 aliphatic rings. The molecule has 7 heteroatoms. The third kappa shape index (κ3) is 5.01. The highest BCUT2D eigenvalue weighted by Crippen LogP contribution is 2.23. The van der Waals surface area contributed by atoms with Gasteiger partial charge in [0.15, 0.2) is 0 Å². The number of carbonyl (C=O) groups is 3. The van der Waals surface area contributed by atoms with Crippen LogP contribution in [0.5, 0.6) is 0 Å². The van der Waals surface area contributed by atoms with E-state index in [1.807, 2.05) is 49.4 Å². The smallest absolute Gasteiger partial charge is 0.339 e. The van der Waals surface area contributed by atoms with Crippen molar-refractivity contribution in [1.29, 1.82) is 0 Å². The predicted molar refractivity (Wildman–Crippen MR) is 125 cm³/mol. The number of methoxy groups -OCH3 is 1. The van der Waals surface area contributed by atoms with Crippen molar-refractivity contribution in [3.8, 4) is 0 Å². The molecule has 164 valence electrons. The fourth-order valence-corrected chi connectivity index (χ4v) is 3.25. The lowest BCUT2D eigenvalue weighted by Gasteiger charge is -2.17. The van der Waals surface area contributed by atoms with Crippen LogP contribution in [-0.2, 0) is 9.53 Å². The van der Waals surface area contributed by atoms with E-state index in [1.165, 1.54) is 36.4 Å². The monoisotopic (exact) mass is 431 g/mol. The summed E-state index contributed by atoms with van der Waals surface area (Å²) in [6.45, 7) is 1.84. The summed E-state index contributed by atoms with van der Waals surface area (Å²) in [6, 6.07) is 18.4.